The van der Waals surface area contributed by atoms with E-state index in [2.05, 4.69) is 5.32 Å². The minimum absolute atomic E-state index is 0.00640. The van der Waals surface area contributed by atoms with Gasteiger partial charge in [-0.3, -0.25) is 13.9 Å². The maximum Gasteiger partial charge on any atom is 0.264 e. The zero-order chi connectivity index (χ0) is 25.6. The van der Waals surface area contributed by atoms with Crippen molar-refractivity contribution in [2.75, 3.05) is 17.9 Å². The Hall–Kier alpha value is -3.36. The van der Waals surface area contributed by atoms with Crippen molar-refractivity contribution in [1.82, 2.24) is 10.2 Å². The molecule has 0 heterocycles. The summed E-state index contributed by atoms with van der Waals surface area (Å²) in [5.74, 6) is -0.858. The van der Waals surface area contributed by atoms with E-state index in [4.69, 9.17) is 11.6 Å². The molecule has 184 valence electrons. The Labute approximate surface area is 211 Å². The fourth-order valence-electron chi connectivity index (χ4n) is 3.66. The molecule has 3 rings (SSSR count). The molecule has 1 atom stereocenters. The molecule has 0 saturated carbocycles. The Kier molecular flexibility index (Phi) is 8.53. The van der Waals surface area contributed by atoms with Crippen LogP contribution in [0, 0.1) is 6.92 Å². The van der Waals surface area contributed by atoms with E-state index in [1.54, 1.807) is 38.1 Å². The van der Waals surface area contributed by atoms with Crippen LogP contribution < -0.4 is 9.62 Å². The lowest BCUT2D eigenvalue weighted by molar-refractivity contribution is -0.139. The normalized spacial score (nSPS) is 12.0. The SMILES string of the molecule is CNC(=O)[C@@H](C)N(Cc1ccccc1)C(=O)CN(c1ccccc1C)S(=O)(=O)c1ccc(Cl)cc1. The van der Waals surface area contributed by atoms with Crippen LogP contribution in [0.2, 0.25) is 5.02 Å². The van der Waals surface area contributed by atoms with Gasteiger partial charge in [-0.2, -0.15) is 0 Å². The van der Waals surface area contributed by atoms with Crippen LogP contribution in [0.1, 0.15) is 18.1 Å². The number of benzene rings is 3. The summed E-state index contributed by atoms with van der Waals surface area (Å²) < 4.78 is 28.5. The van der Waals surface area contributed by atoms with E-state index in [0.717, 1.165) is 9.87 Å². The van der Waals surface area contributed by atoms with Crippen molar-refractivity contribution in [3.05, 3.63) is 95.0 Å². The maximum absolute atomic E-state index is 13.7. The summed E-state index contributed by atoms with van der Waals surface area (Å²) in [7, 11) is -2.63. The zero-order valence-corrected chi connectivity index (χ0v) is 21.4. The number of nitrogens with one attached hydrogen (secondary N) is 1. The Morgan fingerprint density at radius 3 is 2.14 bits per heavy atom. The van der Waals surface area contributed by atoms with Crippen LogP contribution in [0.15, 0.2) is 83.8 Å². The molecule has 7 nitrogen and oxygen atoms in total. The van der Waals surface area contributed by atoms with Gasteiger partial charge in [0.15, 0.2) is 0 Å². The van der Waals surface area contributed by atoms with Crippen LogP contribution in [-0.4, -0.2) is 44.8 Å². The summed E-state index contributed by atoms with van der Waals surface area (Å²) in [6.07, 6.45) is 0. The molecule has 2 amide bonds. The molecule has 0 spiro atoms. The second-order valence-corrected chi connectivity index (χ2v) is 10.3. The number of halogens is 1. The Balaban J connectivity index is 2.04. The molecule has 3 aromatic carbocycles. The molecule has 3 aromatic rings. The van der Waals surface area contributed by atoms with Crippen molar-refractivity contribution in [3.8, 4) is 0 Å². The average Bonchev–Trinajstić information content (AvgIpc) is 2.86. The van der Waals surface area contributed by atoms with Crippen molar-refractivity contribution in [1.29, 1.82) is 0 Å². The summed E-state index contributed by atoms with van der Waals surface area (Å²) in [5, 5.41) is 2.96. The molecule has 35 heavy (non-hydrogen) atoms. The van der Waals surface area contributed by atoms with Crippen molar-refractivity contribution in [2.45, 2.75) is 31.3 Å². The van der Waals surface area contributed by atoms with Gasteiger partial charge in [0.05, 0.1) is 10.6 Å². The molecule has 0 radical (unpaired) electrons. The Bertz CT molecular complexity index is 1280. The van der Waals surface area contributed by atoms with Gasteiger partial charge in [-0.25, -0.2) is 8.42 Å². The number of rotatable bonds is 9. The number of sulfonamides is 1. The lowest BCUT2D eigenvalue weighted by Crippen LogP contribution is -2.50. The molecule has 9 heteroatoms. The number of carbonyl (C=O) groups is 2. The van der Waals surface area contributed by atoms with Gasteiger partial charge in [-0.15, -0.1) is 0 Å². The number of carbonyl (C=O) groups excluding carboxylic acids is 2. The zero-order valence-electron chi connectivity index (χ0n) is 19.8. The highest BCUT2D eigenvalue weighted by Gasteiger charge is 2.32. The van der Waals surface area contributed by atoms with Crippen molar-refractivity contribution in [3.63, 3.8) is 0 Å². The molecule has 0 aromatic heterocycles. The highest BCUT2D eigenvalue weighted by Crippen LogP contribution is 2.28. The third-order valence-electron chi connectivity index (χ3n) is 5.67. The van der Waals surface area contributed by atoms with E-state index in [1.165, 1.54) is 36.2 Å². The molecule has 0 unspecified atom stereocenters. The Morgan fingerprint density at radius 2 is 1.54 bits per heavy atom. The fraction of sp³-hybridized carbons (Fsp3) is 0.231. The number of para-hydroxylation sites is 1. The second kappa shape index (κ2) is 11.4. The highest BCUT2D eigenvalue weighted by atomic mass is 35.5. The van der Waals surface area contributed by atoms with Gasteiger partial charge in [0.2, 0.25) is 11.8 Å². The van der Waals surface area contributed by atoms with Crippen molar-refractivity contribution in [2.24, 2.45) is 0 Å². The monoisotopic (exact) mass is 513 g/mol. The summed E-state index contributed by atoms with van der Waals surface area (Å²) >= 11 is 5.96. The molecule has 0 fully saturated rings. The molecule has 0 saturated heterocycles. The first-order chi connectivity index (χ1) is 16.6. The summed E-state index contributed by atoms with van der Waals surface area (Å²) in [6.45, 7) is 3.06. The average molecular weight is 514 g/mol. The van der Waals surface area contributed by atoms with Crippen LogP contribution in [0.3, 0.4) is 0 Å². The fourth-order valence-corrected chi connectivity index (χ4v) is 5.27. The number of amides is 2. The molecule has 0 aliphatic heterocycles. The number of nitrogens with zero attached hydrogens (tertiary/aromatic N) is 2. The third-order valence-corrected chi connectivity index (χ3v) is 7.70. The minimum Gasteiger partial charge on any atom is -0.357 e. The van der Waals surface area contributed by atoms with E-state index < -0.39 is 28.5 Å². The van der Waals surface area contributed by atoms with Crippen LogP contribution in [0.25, 0.3) is 0 Å². The van der Waals surface area contributed by atoms with Crippen LogP contribution >= 0.6 is 11.6 Å². The lowest BCUT2D eigenvalue weighted by atomic mass is 10.1. The first-order valence-electron chi connectivity index (χ1n) is 11.0. The summed E-state index contributed by atoms with van der Waals surface area (Å²) in [4.78, 5) is 27.5. The topological polar surface area (TPSA) is 86.8 Å². The van der Waals surface area contributed by atoms with Gasteiger partial charge in [-0.05, 0) is 55.3 Å². The van der Waals surface area contributed by atoms with Gasteiger partial charge in [0.25, 0.3) is 10.0 Å². The largest absolute Gasteiger partial charge is 0.357 e. The number of hydrogen-bond acceptors (Lipinski definition) is 4. The summed E-state index contributed by atoms with van der Waals surface area (Å²) in [5.41, 5.74) is 1.88. The standard InChI is InChI=1S/C26H28ClN3O4S/c1-19-9-7-8-12-24(19)30(35(33,34)23-15-13-22(27)14-16-23)18-25(31)29(20(2)26(32)28-3)17-21-10-5-4-6-11-21/h4-16,20H,17-18H2,1-3H3,(H,28,32)/t20-/m1/s1. The van der Waals surface area contributed by atoms with E-state index >= 15 is 0 Å². The maximum atomic E-state index is 13.7. The number of aryl methyl sites for hydroxylation is 1. The molecule has 1 N–H and O–H groups in total. The van der Waals surface area contributed by atoms with Gasteiger partial charge >= 0.3 is 0 Å². The summed E-state index contributed by atoms with van der Waals surface area (Å²) in [6, 6.07) is 21.1. The van der Waals surface area contributed by atoms with E-state index in [1.807, 2.05) is 30.3 Å². The first kappa shape index (κ1) is 26.2. The van der Waals surface area contributed by atoms with Crippen molar-refractivity contribution < 1.29 is 18.0 Å². The third kappa shape index (κ3) is 6.21. The number of anilines is 1. The Morgan fingerprint density at radius 1 is 0.943 bits per heavy atom. The van der Waals surface area contributed by atoms with Crippen LogP contribution in [0.5, 0.6) is 0 Å². The predicted octanol–water partition coefficient (Wildman–Crippen LogP) is 4.01. The second-order valence-electron chi connectivity index (χ2n) is 8.05. The number of likely N-dealkylation sites (N-methyl/N-ethyl adjacent to an activating group) is 1. The molecule has 0 aliphatic carbocycles. The van der Waals surface area contributed by atoms with Gasteiger partial charge in [0, 0.05) is 18.6 Å². The van der Waals surface area contributed by atoms with Gasteiger partial charge in [-0.1, -0.05) is 60.1 Å². The van der Waals surface area contributed by atoms with E-state index in [-0.39, 0.29) is 17.3 Å². The van der Waals surface area contributed by atoms with E-state index in [9.17, 15) is 18.0 Å². The highest BCUT2D eigenvalue weighted by molar-refractivity contribution is 7.92. The quantitative estimate of drug-likeness (QED) is 0.468. The molecular formula is C26H28ClN3O4S. The number of hydrogen-bond donors (Lipinski definition) is 1. The smallest absolute Gasteiger partial charge is 0.264 e. The van der Waals surface area contributed by atoms with E-state index in [0.29, 0.717) is 16.3 Å². The molecule has 0 bridgehead atoms. The van der Waals surface area contributed by atoms with Crippen LogP contribution in [0.4, 0.5) is 5.69 Å². The van der Waals surface area contributed by atoms with Crippen molar-refractivity contribution >= 4 is 39.1 Å². The predicted molar refractivity (Wildman–Crippen MR) is 138 cm³/mol. The molecule has 0 aliphatic rings. The minimum atomic E-state index is -4.12. The lowest BCUT2D eigenvalue weighted by Gasteiger charge is -2.32. The van der Waals surface area contributed by atoms with Gasteiger partial charge in [0.1, 0.15) is 12.6 Å². The molecular weight excluding hydrogens is 486 g/mol. The van der Waals surface area contributed by atoms with Crippen LogP contribution in [-0.2, 0) is 26.2 Å². The van der Waals surface area contributed by atoms with Gasteiger partial charge < -0.3 is 10.2 Å². The first-order valence-corrected chi connectivity index (χ1v) is 12.9.